The maximum absolute atomic E-state index is 12.8. The topological polar surface area (TPSA) is 46.2 Å². The zero-order valence-electron chi connectivity index (χ0n) is 10.4. The number of nitrogens with one attached hydrogen (secondary N) is 1. The average molecular weight is 279 g/mol. The Kier molecular flexibility index (Phi) is 3.97. The van der Waals surface area contributed by atoms with Crippen LogP contribution in [0.3, 0.4) is 0 Å². The van der Waals surface area contributed by atoms with Crippen molar-refractivity contribution >= 4 is 10.0 Å². The number of halogens is 1. The summed E-state index contributed by atoms with van der Waals surface area (Å²) in [5.74, 6) is -0.461. The van der Waals surface area contributed by atoms with Crippen LogP contribution in [0.4, 0.5) is 4.39 Å². The van der Waals surface area contributed by atoms with E-state index < -0.39 is 15.8 Å². The lowest BCUT2D eigenvalue weighted by atomic mass is 10.1. The molecule has 19 heavy (non-hydrogen) atoms. The Labute approximate surface area is 112 Å². The van der Waals surface area contributed by atoms with Gasteiger partial charge in [-0.1, -0.05) is 29.8 Å². The zero-order valence-corrected chi connectivity index (χ0v) is 11.2. The number of hydrogen-bond acceptors (Lipinski definition) is 2. The first kappa shape index (κ1) is 13.7. The minimum absolute atomic E-state index is 0.0570. The summed E-state index contributed by atoms with van der Waals surface area (Å²) >= 11 is 0. The van der Waals surface area contributed by atoms with Crippen LogP contribution < -0.4 is 4.72 Å². The second-order valence-electron chi connectivity index (χ2n) is 4.27. The molecular formula is C14H14FNO2S. The SMILES string of the molecule is Cc1cccc(CNS(=O)(=O)c2ccc(F)cc2)c1. The van der Waals surface area contributed by atoms with Crippen LogP contribution in [-0.4, -0.2) is 8.42 Å². The lowest BCUT2D eigenvalue weighted by molar-refractivity contribution is 0.580. The van der Waals surface area contributed by atoms with Gasteiger partial charge in [-0.15, -0.1) is 0 Å². The molecular weight excluding hydrogens is 265 g/mol. The first-order valence-corrected chi connectivity index (χ1v) is 7.26. The quantitative estimate of drug-likeness (QED) is 0.935. The molecule has 0 aliphatic carbocycles. The normalized spacial score (nSPS) is 11.5. The second-order valence-corrected chi connectivity index (χ2v) is 6.03. The molecule has 3 nitrogen and oxygen atoms in total. The van der Waals surface area contributed by atoms with E-state index in [0.717, 1.165) is 23.3 Å². The van der Waals surface area contributed by atoms with Gasteiger partial charge in [0.2, 0.25) is 10.0 Å². The molecule has 2 aromatic carbocycles. The number of aryl methyl sites for hydroxylation is 1. The highest BCUT2D eigenvalue weighted by Gasteiger charge is 2.13. The summed E-state index contributed by atoms with van der Waals surface area (Å²) in [6.07, 6.45) is 0. The van der Waals surface area contributed by atoms with E-state index in [0.29, 0.717) is 0 Å². The fourth-order valence-corrected chi connectivity index (χ4v) is 2.72. The summed E-state index contributed by atoms with van der Waals surface area (Å²) in [5, 5.41) is 0. The van der Waals surface area contributed by atoms with Crippen molar-refractivity contribution in [2.24, 2.45) is 0 Å². The maximum Gasteiger partial charge on any atom is 0.240 e. The highest BCUT2D eigenvalue weighted by Crippen LogP contribution is 2.11. The molecule has 1 N–H and O–H groups in total. The van der Waals surface area contributed by atoms with E-state index in [9.17, 15) is 12.8 Å². The van der Waals surface area contributed by atoms with Crippen molar-refractivity contribution in [2.45, 2.75) is 18.4 Å². The van der Waals surface area contributed by atoms with Gasteiger partial charge in [-0.2, -0.15) is 0 Å². The second kappa shape index (κ2) is 5.50. The smallest absolute Gasteiger partial charge is 0.207 e. The van der Waals surface area contributed by atoms with Gasteiger partial charge < -0.3 is 0 Å². The third-order valence-corrected chi connectivity index (χ3v) is 4.09. The molecule has 0 saturated heterocycles. The summed E-state index contributed by atoms with van der Waals surface area (Å²) in [6.45, 7) is 2.15. The van der Waals surface area contributed by atoms with Gasteiger partial charge in [-0.25, -0.2) is 17.5 Å². The third kappa shape index (κ3) is 3.62. The first-order valence-electron chi connectivity index (χ1n) is 5.78. The van der Waals surface area contributed by atoms with Crippen LogP contribution in [-0.2, 0) is 16.6 Å². The summed E-state index contributed by atoms with van der Waals surface area (Å²) in [7, 11) is -3.60. The molecule has 0 bridgehead atoms. The Morgan fingerprint density at radius 1 is 1.11 bits per heavy atom. The van der Waals surface area contributed by atoms with Gasteiger partial charge in [0.25, 0.3) is 0 Å². The predicted molar refractivity (Wildman–Crippen MR) is 71.6 cm³/mol. The van der Waals surface area contributed by atoms with Gasteiger partial charge in [-0.3, -0.25) is 0 Å². The number of sulfonamides is 1. The lowest BCUT2D eigenvalue weighted by Gasteiger charge is -2.07. The Morgan fingerprint density at radius 2 is 1.79 bits per heavy atom. The molecule has 100 valence electrons. The molecule has 0 fully saturated rings. The number of benzene rings is 2. The molecule has 0 aliphatic rings. The van der Waals surface area contributed by atoms with Crippen LogP contribution >= 0.6 is 0 Å². The van der Waals surface area contributed by atoms with Crippen molar-refractivity contribution in [1.29, 1.82) is 0 Å². The van der Waals surface area contributed by atoms with Crippen molar-refractivity contribution < 1.29 is 12.8 Å². The van der Waals surface area contributed by atoms with E-state index in [1.807, 2.05) is 31.2 Å². The van der Waals surface area contributed by atoms with E-state index in [4.69, 9.17) is 0 Å². The molecule has 0 aromatic heterocycles. The van der Waals surface area contributed by atoms with Crippen LogP contribution in [0.15, 0.2) is 53.4 Å². The van der Waals surface area contributed by atoms with Gasteiger partial charge in [0.15, 0.2) is 0 Å². The molecule has 0 aliphatic heterocycles. The fraction of sp³-hybridized carbons (Fsp3) is 0.143. The van der Waals surface area contributed by atoms with Crippen molar-refractivity contribution in [3.63, 3.8) is 0 Å². The average Bonchev–Trinajstić information content (AvgIpc) is 2.37. The van der Waals surface area contributed by atoms with Crippen LogP contribution in [0.25, 0.3) is 0 Å². The van der Waals surface area contributed by atoms with E-state index in [1.54, 1.807) is 0 Å². The molecule has 0 amide bonds. The molecule has 0 radical (unpaired) electrons. The van der Waals surface area contributed by atoms with E-state index in [1.165, 1.54) is 12.1 Å². The summed E-state index contributed by atoms with van der Waals surface area (Å²) in [4.78, 5) is 0.0570. The van der Waals surface area contributed by atoms with Gasteiger partial charge in [0.05, 0.1) is 4.90 Å². The van der Waals surface area contributed by atoms with E-state index in [-0.39, 0.29) is 11.4 Å². The molecule has 2 rings (SSSR count). The van der Waals surface area contributed by atoms with Crippen LogP contribution in [0.5, 0.6) is 0 Å². The molecule has 0 unspecified atom stereocenters. The highest BCUT2D eigenvalue weighted by atomic mass is 32.2. The van der Waals surface area contributed by atoms with Crippen molar-refractivity contribution in [2.75, 3.05) is 0 Å². The molecule has 0 spiro atoms. The Hall–Kier alpha value is -1.72. The first-order chi connectivity index (χ1) is 8.97. The minimum atomic E-state index is -3.60. The predicted octanol–water partition coefficient (Wildman–Crippen LogP) is 2.61. The van der Waals surface area contributed by atoms with Crippen LogP contribution in [0, 0.1) is 12.7 Å². The minimum Gasteiger partial charge on any atom is -0.207 e. The third-order valence-electron chi connectivity index (χ3n) is 2.67. The van der Waals surface area contributed by atoms with E-state index >= 15 is 0 Å². The lowest BCUT2D eigenvalue weighted by Crippen LogP contribution is -2.23. The largest absolute Gasteiger partial charge is 0.240 e. The Morgan fingerprint density at radius 3 is 2.42 bits per heavy atom. The summed E-state index contributed by atoms with van der Waals surface area (Å²) < 4.78 is 39.2. The molecule has 0 atom stereocenters. The standard InChI is InChI=1S/C14H14FNO2S/c1-11-3-2-4-12(9-11)10-16-19(17,18)14-7-5-13(15)6-8-14/h2-9,16H,10H2,1H3. The number of hydrogen-bond donors (Lipinski definition) is 1. The van der Waals surface area contributed by atoms with E-state index in [2.05, 4.69) is 4.72 Å². The highest BCUT2D eigenvalue weighted by molar-refractivity contribution is 7.89. The van der Waals surface area contributed by atoms with Gasteiger partial charge >= 0.3 is 0 Å². The summed E-state index contributed by atoms with van der Waals surface area (Å²) in [5.41, 5.74) is 1.95. The monoisotopic (exact) mass is 279 g/mol. The number of rotatable bonds is 4. The van der Waals surface area contributed by atoms with Crippen molar-refractivity contribution in [3.8, 4) is 0 Å². The molecule has 5 heteroatoms. The Bertz CT molecular complexity index is 666. The summed E-state index contributed by atoms with van der Waals surface area (Å²) in [6, 6.07) is 12.3. The molecule has 0 heterocycles. The van der Waals surface area contributed by atoms with Crippen molar-refractivity contribution in [3.05, 3.63) is 65.5 Å². The van der Waals surface area contributed by atoms with Gasteiger partial charge in [0.1, 0.15) is 5.82 Å². The molecule has 2 aromatic rings. The zero-order chi connectivity index (χ0) is 13.9. The molecule has 0 saturated carbocycles. The fourth-order valence-electron chi connectivity index (χ4n) is 1.70. The Balaban J connectivity index is 2.12. The maximum atomic E-state index is 12.8. The van der Waals surface area contributed by atoms with Gasteiger partial charge in [0, 0.05) is 6.54 Å². The van der Waals surface area contributed by atoms with Gasteiger partial charge in [-0.05, 0) is 36.8 Å². The van der Waals surface area contributed by atoms with Crippen LogP contribution in [0.2, 0.25) is 0 Å². The van der Waals surface area contributed by atoms with Crippen molar-refractivity contribution in [1.82, 2.24) is 4.72 Å². The van der Waals surface area contributed by atoms with Crippen LogP contribution in [0.1, 0.15) is 11.1 Å².